The zero-order valence-electron chi connectivity index (χ0n) is 36.9. The molecule has 60 heavy (non-hydrogen) atoms. The summed E-state index contributed by atoms with van der Waals surface area (Å²) in [4.78, 5) is 0. The van der Waals surface area contributed by atoms with Gasteiger partial charge in [-0.2, -0.15) is 0 Å². The third-order valence-corrected chi connectivity index (χ3v) is 10.4. The maximum Gasteiger partial charge on any atom is 0.0276 e. The summed E-state index contributed by atoms with van der Waals surface area (Å²) in [6.07, 6.45) is 12.0. The zero-order chi connectivity index (χ0) is 43.0. The lowest BCUT2D eigenvalue weighted by Crippen LogP contribution is -1.96. The lowest BCUT2D eigenvalue weighted by Gasteiger charge is -2.18. The van der Waals surface area contributed by atoms with Gasteiger partial charge < -0.3 is 0 Å². The van der Waals surface area contributed by atoms with E-state index >= 15 is 0 Å². The highest BCUT2D eigenvalue weighted by atomic mass is 14.2. The van der Waals surface area contributed by atoms with Gasteiger partial charge in [-0.05, 0) is 137 Å². The maximum atomic E-state index is 5.74. The molecule has 8 aromatic carbocycles. The van der Waals surface area contributed by atoms with E-state index in [0.717, 1.165) is 33.4 Å². The van der Waals surface area contributed by atoms with Crippen molar-refractivity contribution in [1.29, 1.82) is 0 Å². The van der Waals surface area contributed by atoms with E-state index in [1.165, 1.54) is 72.1 Å². The van der Waals surface area contributed by atoms with Gasteiger partial charge in [0.15, 0.2) is 0 Å². The molecular formula is C60H60. The monoisotopic (exact) mass is 780 g/mol. The average Bonchev–Trinajstić information content (AvgIpc) is 3.30. The van der Waals surface area contributed by atoms with Crippen molar-refractivity contribution in [3.05, 3.63) is 221 Å². The quantitative estimate of drug-likeness (QED) is 0.0818. The van der Waals surface area contributed by atoms with Gasteiger partial charge in [0.25, 0.3) is 0 Å². The minimum absolute atomic E-state index is 0.567. The number of hydrogen-bond donors (Lipinski definition) is 0. The van der Waals surface area contributed by atoms with E-state index < -0.39 is 0 Å². The Labute approximate surface area is 360 Å². The molecule has 0 heterocycles. The Balaban J connectivity index is 0.000000922. The summed E-state index contributed by atoms with van der Waals surface area (Å²) in [5, 5.41) is 7.45. The summed E-state index contributed by atoms with van der Waals surface area (Å²) in [6.45, 7) is 21.2. The average molecular weight is 781 g/mol. The first-order valence-electron chi connectivity index (χ1n) is 21.6. The van der Waals surface area contributed by atoms with Crippen LogP contribution in [0.25, 0.3) is 60.2 Å². The van der Waals surface area contributed by atoms with Crippen LogP contribution in [0.4, 0.5) is 0 Å². The highest BCUT2D eigenvalue weighted by Crippen LogP contribution is 2.39. The second-order valence-corrected chi connectivity index (χ2v) is 14.5. The summed E-state index contributed by atoms with van der Waals surface area (Å²) in [6, 6.07) is 59.2. The Bertz CT molecular complexity index is 2800. The fourth-order valence-electron chi connectivity index (χ4n) is 7.58. The first-order valence-corrected chi connectivity index (χ1v) is 21.6. The van der Waals surface area contributed by atoms with Crippen molar-refractivity contribution < 1.29 is 0 Å². The normalized spacial score (nSPS) is 11.1. The van der Waals surface area contributed by atoms with Gasteiger partial charge in [-0.25, -0.2) is 0 Å². The molecular weight excluding hydrogens is 721 g/mol. The molecule has 8 rings (SSSR count). The van der Waals surface area contributed by atoms with Crippen molar-refractivity contribution in [2.75, 3.05) is 0 Å². The molecule has 0 aliphatic rings. The molecule has 0 nitrogen and oxygen atoms in total. The van der Waals surface area contributed by atoms with Gasteiger partial charge in [-0.3, -0.25) is 0 Å². The Morgan fingerprint density at radius 1 is 0.517 bits per heavy atom. The lowest BCUT2D eigenvalue weighted by molar-refractivity contribution is 1.09. The van der Waals surface area contributed by atoms with Crippen LogP contribution in [-0.4, -0.2) is 0 Å². The number of terminal acetylenes is 1. The van der Waals surface area contributed by atoms with Crippen LogP contribution in [0, 0.1) is 26.2 Å². The summed E-state index contributed by atoms with van der Waals surface area (Å²) in [5.41, 5.74) is 13.8. The zero-order valence-corrected chi connectivity index (χ0v) is 36.9. The van der Waals surface area contributed by atoms with Gasteiger partial charge in [0, 0.05) is 6.42 Å². The van der Waals surface area contributed by atoms with Crippen LogP contribution < -0.4 is 0 Å². The Hall–Kier alpha value is -6.68. The van der Waals surface area contributed by atoms with Gasteiger partial charge in [-0.1, -0.05) is 206 Å². The fourth-order valence-corrected chi connectivity index (χ4v) is 7.58. The molecule has 0 heteroatoms. The standard InChI is InChI=1S/C53H40.C3H8.2C2H6/c1-5-6-19-47(46-20-11-7-15-36(46)2)40-27-29-41(30-28-40)52(32-38(4)42-31-26-39-16-8-9-17-43(39)33-42)51-34-45(25-24-37(51)3)53-35-44-18-10-12-21-48(44)49-22-13-14-23-50(49)53;1-3-2;2*1-2/h1,7-35H,4,6H2,2-3H3;3H2,1-2H3;2*1-2H3/b47-19-,52-32-;;;. The van der Waals surface area contributed by atoms with E-state index in [0.29, 0.717) is 6.42 Å². The van der Waals surface area contributed by atoms with Gasteiger partial charge >= 0.3 is 0 Å². The van der Waals surface area contributed by atoms with Crippen LogP contribution in [0.2, 0.25) is 0 Å². The maximum absolute atomic E-state index is 5.74. The third kappa shape index (κ3) is 10.1. The highest BCUT2D eigenvalue weighted by molar-refractivity contribution is 6.14. The first-order chi connectivity index (χ1) is 29.4. The highest BCUT2D eigenvalue weighted by Gasteiger charge is 2.15. The van der Waals surface area contributed by atoms with Crippen LogP contribution >= 0.6 is 0 Å². The van der Waals surface area contributed by atoms with Crippen molar-refractivity contribution in [3.63, 3.8) is 0 Å². The molecule has 300 valence electrons. The van der Waals surface area contributed by atoms with E-state index in [4.69, 9.17) is 6.42 Å². The number of fused-ring (bicyclic) bond motifs is 4. The number of hydrogen-bond acceptors (Lipinski definition) is 0. The first kappa shape index (κ1) is 44.4. The molecule has 0 aromatic heterocycles. The molecule has 0 saturated carbocycles. The van der Waals surface area contributed by atoms with Crippen LogP contribution in [0.15, 0.2) is 183 Å². The SMILES string of the molecule is C#CC/C=C(/c1ccc(/C(=C/C(=C)c2ccc3ccccc3c2)c2cc(-c3cc4ccccc4c4ccccc34)ccc2C)cc1)c1ccccc1C.CC.CC.CCC. The van der Waals surface area contributed by atoms with Gasteiger partial charge in [-0.15, -0.1) is 12.3 Å². The number of benzene rings is 8. The van der Waals surface area contributed by atoms with E-state index in [2.05, 4.69) is 216 Å². The number of allylic oxidation sites excluding steroid dienone is 3. The van der Waals surface area contributed by atoms with Crippen LogP contribution in [0.5, 0.6) is 0 Å². The smallest absolute Gasteiger partial charge is 0.0276 e. The molecule has 0 aliphatic carbocycles. The molecule has 0 amide bonds. The van der Waals surface area contributed by atoms with E-state index in [-0.39, 0.29) is 0 Å². The molecule has 0 saturated heterocycles. The molecule has 0 aliphatic heterocycles. The molecule has 0 fully saturated rings. The Morgan fingerprint density at radius 2 is 1.05 bits per heavy atom. The predicted octanol–water partition coefficient (Wildman–Crippen LogP) is 17.5. The molecule has 0 N–H and O–H groups in total. The molecule has 0 bridgehead atoms. The van der Waals surface area contributed by atoms with E-state index in [1.54, 1.807) is 0 Å². The molecule has 0 spiro atoms. The summed E-state index contributed by atoms with van der Waals surface area (Å²) >= 11 is 0. The molecule has 0 unspecified atom stereocenters. The van der Waals surface area contributed by atoms with Gasteiger partial charge in [0.2, 0.25) is 0 Å². The third-order valence-electron chi connectivity index (χ3n) is 10.4. The van der Waals surface area contributed by atoms with Gasteiger partial charge in [0.1, 0.15) is 0 Å². The largest absolute Gasteiger partial charge is 0.120 e. The minimum atomic E-state index is 0.567. The van der Waals surface area contributed by atoms with Crippen LogP contribution in [0.1, 0.15) is 93.3 Å². The van der Waals surface area contributed by atoms with Crippen molar-refractivity contribution in [1.82, 2.24) is 0 Å². The van der Waals surface area contributed by atoms with E-state index in [9.17, 15) is 0 Å². The molecule has 0 radical (unpaired) electrons. The summed E-state index contributed by atoms with van der Waals surface area (Å²) in [7, 11) is 0. The Kier molecular flexibility index (Phi) is 16.2. The topological polar surface area (TPSA) is 0 Å². The number of aryl methyl sites for hydroxylation is 2. The van der Waals surface area contributed by atoms with Crippen molar-refractivity contribution in [3.8, 4) is 23.5 Å². The van der Waals surface area contributed by atoms with Crippen LogP contribution in [-0.2, 0) is 0 Å². The van der Waals surface area contributed by atoms with Crippen LogP contribution in [0.3, 0.4) is 0 Å². The van der Waals surface area contributed by atoms with Crippen molar-refractivity contribution >= 4 is 49.0 Å². The summed E-state index contributed by atoms with van der Waals surface area (Å²) < 4.78 is 0. The minimum Gasteiger partial charge on any atom is -0.120 e. The van der Waals surface area contributed by atoms with Gasteiger partial charge in [0.05, 0.1) is 0 Å². The second kappa shape index (κ2) is 21.9. The van der Waals surface area contributed by atoms with E-state index in [1.807, 2.05) is 27.7 Å². The van der Waals surface area contributed by atoms with Crippen molar-refractivity contribution in [2.24, 2.45) is 0 Å². The van der Waals surface area contributed by atoms with Crippen molar-refractivity contribution in [2.45, 2.75) is 68.2 Å². The predicted molar refractivity (Wildman–Crippen MR) is 268 cm³/mol. The summed E-state index contributed by atoms with van der Waals surface area (Å²) in [5.74, 6) is 2.81. The molecule has 0 atom stereocenters. The lowest BCUT2D eigenvalue weighted by atomic mass is 9.86. The Morgan fingerprint density at radius 3 is 1.72 bits per heavy atom. The molecule has 8 aromatic rings. The fraction of sp³-hybridized carbons (Fsp3) is 0.167. The number of rotatable bonds is 8. The second-order valence-electron chi connectivity index (χ2n) is 14.5.